The highest BCUT2D eigenvalue weighted by Gasteiger charge is 2.06. The van der Waals surface area contributed by atoms with Crippen molar-refractivity contribution in [2.45, 2.75) is 13.8 Å². The number of hydrogen-bond donors (Lipinski definition) is 0. The Balaban J connectivity index is 2.81. The largest absolute Gasteiger partial charge is 0.461 e. The minimum absolute atomic E-state index is 0.360. The van der Waals surface area contributed by atoms with E-state index in [-0.39, 0.29) is 5.97 Å². The third-order valence-corrected chi connectivity index (χ3v) is 1.40. The molecule has 0 radical (unpaired) electrons. The van der Waals surface area contributed by atoms with Gasteiger partial charge in [-0.15, -0.1) is 0 Å². The van der Waals surface area contributed by atoms with Crippen molar-refractivity contribution in [3.8, 4) is 0 Å². The normalized spacial score (nSPS) is 9.50. The maximum atomic E-state index is 11.1. The molecule has 0 aliphatic carbocycles. The van der Waals surface area contributed by atoms with Crippen molar-refractivity contribution < 1.29 is 9.53 Å². The van der Waals surface area contributed by atoms with Crippen LogP contribution in [0.3, 0.4) is 0 Å². The van der Waals surface area contributed by atoms with Crippen LogP contribution in [0.2, 0.25) is 0 Å². The minimum Gasteiger partial charge on any atom is -0.461 e. The second-order valence-corrected chi connectivity index (χ2v) is 2.44. The SMILES string of the molecule is CCOC(=O)c1cc(C)ccn1. The van der Waals surface area contributed by atoms with Gasteiger partial charge in [0, 0.05) is 6.20 Å². The summed E-state index contributed by atoms with van der Waals surface area (Å²) in [6.07, 6.45) is 1.60. The number of nitrogens with zero attached hydrogens (tertiary/aromatic N) is 1. The van der Waals surface area contributed by atoms with Crippen LogP contribution in [-0.4, -0.2) is 17.6 Å². The molecule has 0 unspecified atom stereocenters. The number of pyridine rings is 1. The molecule has 0 saturated heterocycles. The number of aryl methyl sites for hydroxylation is 1. The van der Waals surface area contributed by atoms with Crippen LogP contribution in [0.1, 0.15) is 23.0 Å². The van der Waals surface area contributed by atoms with Gasteiger partial charge < -0.3 is 4.74 Å². The first kappa shape index (κ1) is 8.71. The van der Waals surface area contributed by atoms with Crippen molar-refractivity contribution in [3.05, 3.63) is 29.6 Å². The first-order valence-electron chi connectivity index (χ1n) is 3.84. The summed E-state index contributed by atoms with van der Waals surface area (Å²) in [5.74, 6) is -0.360. The Kier molecular flexibility index (Phi) is 2.80. The molecule has 1 aromatic rings. The molecule has 0 aromatic carbocycles. The van der Waals surface area contributed by atoms with Crippen LogP contribution in [-0.2, 0) is 4.74 Å². The number of hydrogen-bond acceptors (Lipinski definition) is 3. The fourth-order valence-electron chi connectivity index (χ4n) is 0.853. The van der Waals surface area contributed by atoms with Crippen LogP contribution in [0.4, 0.5) is 0 Å². The smallest absolute Gasteiger partial charge is 0.356 e. The predicted molar refractivity (Wildman–Crippen MR) is 44.9 cm³/mol. The zero-order chi connectivity index (χ0) is 8.97. The molecule has 0 aliphatic heterocycles. The molecule has 0 aliphatic rings. The van der Waals surface area contributed by atoms with Crippen LogP contribution in [0, 0.1) is 6.92 Å². The van der Waals surface area contributed by atoms with E-state index >= 15 is 0 Å². The monoisotopic (exact) mass is 165 g/mol. The molecule has 0 spiro atoms. The van der Waals surface area contributed by atoms with Crippen LogP contribution in [0.5, 0.6) is 0 Å². The lowest BCUT2D eigenvalue weighted by atomic mass is 10.2. The highest BCUT2D eigenvalue weighted by molar-refractivity contribution is 5.87. The summed E-state index contributed by atoms with van der Waals surface area (Å²) in [5.41, 5.74) is 1.38. The highest BCUT2D eigenvalue weighted by atomic mass is 16.5. The van der Waals surface area contributed by atoms with Gasteiger partial charge in [0.25, 0.3) is 0 Å². The zero-order valence-electron chi connectivity index (χ0n) is 7.20. The maximum absolute atomic E-state index is 11.1. The van der Waals surface area contributed by atoms with E-state index in [1.807, 2.05) is 13.0 Å². The first-order valence-corrected chi connectivity index (χ1v) is 3.84. The second kappa shape index (κ2) is 3.85. The molecule has 64 valence electrons. The number of carbonyl (C=O) groups is 1. The van der Waals surface area contributed by atoms with E-state index in [2.05, 4.69) is 4.98 Å². The van der Waals surface area contributed by atoms with E-state index in [0.29, 0.717) is 12.3 Å². The maximum Gasteiger partial charge on any atom is 0.356 e. The summed E-state index contributed by atoms with van der Waals surface area (Å²) in [6, 6.07) is 3.54. The number of ether oxygens (including phenoxy) is 1. The van der Waals surface area contributed by atoms with Crippen molar-refractivity contribution in [1.82, 2.24) is 4.98 Å². The molecule has 0 atom stereocenters. The summed E-state index contributed by atoms with van der Waals surface area (Å²) in [4.78, 5) is 15.0. The molecular formula is C9H11NO2. The molecule has 3 nitrogen and oxygen atoms in total. The molecule has 0 saturated carbocycles. The van der Waals surface area contributed by atoms with Crippen LogP contribution in [0.25, 0.3) is 0 Å². The Morgan fingerprint density at radius 3 is 3.00 bits per heavy atom. The van der Waals surface area contributed by atoms with Gasteiger partial charge in [-0.05, 0) is 31.5 Å². The van der Waals surface area contributed by atoms with E-state index in [9.17, 15) is 4.79 Å². The number of esters is 1. The van der Waals surface area contributed by atoms with Crippen LogP contribution < -0.4 is 0 Å². The Morgan fingerprint density at radius 1 is 1.67 bits per heavy atom. The van der Waals surface area contributed by atoms with E-state index < -0.39 is 0 Å². The summed E-state index contributed by atoms with van der Waals surface area (Å²) in [6.45, 7) is 4.06. The van der Waals surface area contributed by atoms with Crippen molar-refractivity contribution in [1.29, 1.82) is 0 Å². The third kappa shape index (κ3) is 2.05. The lowest BCUT2D eigenvalue weighted by Gasteiger charge is -2.00. The Labute approximate surface area is 71.4 Å². The van der Waals surface area contributed by atoms with Crippen LogP contribution >= 0.6 is 0 Å². The number of rotatable bonds is 2. The van der Waals surface area contributed by atoms with Crippen molar-refractivity contribution in [2.24, 2.45) is 0 Å². The minimum atomic E-state index is -0.360. The summed E-state index contributed by atoms with van der Waals surface area (Å²) in [7, 11) is 0. The average molecular weight is 165 g/mol. The topological polar surface area (TPSA) is 39.2 Å². The van der Waals surface area contributed by atoms with Gasteiger partial charge >= 0.3 is 5.97 Å². The van der Waals surface area contributed by atoms with E-state index in [0.717, 1.165) is 5.56 Å². The summed E-state index contributed by atoms with van der Waals surface area (Å²) < 4.78 is 4.78. The average Bonchev–Trinajstić information content (AvgIpc) is 2.05. The molecule has 12 heavy (non-hydrogen) atoms. The molecule has 1 rings (SSSR count). The molecule has 0 amide bonds. The first-order chi connectivity index (χ1) is 5.74. The molecular weight excluding hydrogens is 154 g/mol. The molecule has 0 fully saturated rings. The molecule has 1 aromatic heterocycles. The predicted octanol–water partition coefficient (Wildman–Crippen LogP) is 1.57. The van der Waals surface area contributed by atoms with Gasteiger partial charge in [-0.2, -0.15) is 0 Å². The number of aromatic nitrogens is 1. The van der Waals surface area contributed by atoms with E-state index in [1.165, 1.54) is 0 Å². The van der Waals surface area contributed by atoms with Gasteiger partial charge in [0.1, 0.15) is 5.69 Å². The third-order valence-electron chi connectivity index (χ3n) is 1.40. The Bertz CT molecular complexity index is 284. The van der Waals surface area contributed by atoms with Crippen molar-refractivity contribution >= 4 is 5.97 Å². The van der Waals surface area contributed by atoms with Crippen molar-refractivity contribution in [3.63, 3.8) is 0 Å². The zero-order valence-corrected chi connectivity index (χ0v) is 7.20. The van der Waals surface area contributed by atoms with E-state index in [1.54, 1.807) is 19.2 Å². The van der Waals surface area contributed by atoms with Crippen LogP contribution in [0.15, 0.2) is 18.3 Å². The Hall–Kier alpha value is -1.38. The molecule has 3 heteroatoms. The summed E-state index contributed by atoms with van der Waals surface area (Å²) >= 11 is 0. The highest BCUT2D eigenvalue weighted by Crippen LogP contribution is 2.01. The lowest BCUT2D eigenvalue weighted by Crippen LogP contribution is -2.06. The summed E-state index contributed by atoms with van der Waals surface area (Å²) in [5, 5.41) is 0. The van der Waals surface area contributed by atoms with Gasteiger partial charge in [0.05, 0.1) is 6.61 Å². The molecule has 0 N–H and O–H groups in total. The fraction of sp³-hybridized carbons (Fsp3) is 0.333. The van der Waals surface area contributed by atoms with Gasteiger partial charge in [0.15, 0.2) is 0 Å². The van der Waals surface area contributed by atoms with Gasteiger partial charge in [0.2, 0.25) is 0 Å². The standard InChI is InChI=1S/C9H11NO2/c1-3-12-9(11)8-6-7(2)4-5-10-8/h4-6H,3H2,1-2H3. The fourth-order valence-corrected chi connectivity index (χ4v) is 0.853. The van der Waals surface area contributed by atoms with Gasteiger partial charge in [-0.1, -0.05) is 0 Å². The molecule has 1 heterocycles. The van der Waals surface area contributed by atoms with Gasteiger partial charge in [-0.25, -0.2) is 9.78 Å². The van der Waals surface area contributed by atoms with E-state index in [4.69, 9.17) is 4.74 Å². The number of carbonyl (C=O) groups excluding carboxylic acids is 1. The lowest BCUT2D eigenvalue weighted by molar-refractivity contribution is 0.0519. The quantitative estimate of drug-likeness (QED) is 0.624. The Morgan fingerprint density at radius 2 is 2.42 bits per heavy atom. The second-order valence-electron chi connectivity index (χ2n) is 2.44. The molecule has 0 bridgehead atoms. The van der Waals surface area contributed by atoms with Gasteiger partial charge in [-0.3, -0.25) is 0 Å². The van der Waals surface area contributed by atoms with Crippen molar-refractivity contribution in [2.75, 3.05) is 6.61 Å².